The molecule has 0 fully saturated rings. The predicted octanol–water partition coefficient (Wildman–Crippen LogP) is 5.91. The lowest BCUT2D eigenvalue weighted by Gasteiger charge is -2.22. The number of Topliss-reactive ketones (excluding diaryl/α,β-unsaturated/α-hetero) is 1. The van der Waals surface area contributed by atoms with Crippen LogP contribution in [0.1, 0.15) is 56.5 Å². The highest BCUT2D eigenvalue weighted by Gasteiger charge is 2.18. The summed E-state index contributed by atoms with van der Waals surface area (Å²) < 4.78 is 5.82. The summed E-state index contributed by atoms with van der Waals surface area (Å²) in [4.78, 5) is 12.5. The van der Waals surface area contributed by atoms with Crippen molar-refractivity contribution in [2.45, 2.75) is 47.1 Å². The number of carbonyl (C=O) groups is 1. The zero-order valence-corrected chi connectivity index (χ0v) is 15.2. The standard InChI is InChI=1S/C22H28O2/c1-17(15-22(2,3)4)13-21(23)19-11-8-12-20(14-19)24-16-18-9-6-5-7-10-18/h5-12,14,17H,13,15-16H2,1-4H3. The van der Waals surface area contributed by atoms with Gasteiger partial charge < -0.3 is 4.74 Å². The van der Waals surface area contributed by atoms with Gasteiger partial charge >= 0.3 is 0 Å². The quantitative estimate of drug-likeness (QED) is 0.592. The highest BCUT2D eigenvalue weighted by molar-refractivity contribution is 5.96. The van der Waals surface area contributed by atoms with Crippen LogP contribution in [-0.2, 0) is 6.61 Å². The number of hydrogen-bond donors (Lipinski definition) is 0. The Balaban J connectivity index is 1.95. The van der Waals surface area contributed by atoms with E-state index in [0.29, 0.717) is 18.9 Å². The summed E-state index contributed by atoms with van der Waals surface area (Å²) in [5.41, 5.74) is 2.11. The highest BCUT2D eigenvalue weighted by atomic mass is 16.5. The molecular weight excluding hydrogens is 296 g/mol. The first-order valence-electron chi connectivity index (χ1n) is 8.63. The molecule has 0 amide bonds. The first-order chi connectivity index (χ1) is 11.3. The Hall–Kier alpha value is -2.09. The molecule has 0 aliphatic heterocycles. The van der Waals surface area contributed by atoms with Gasteiger partial charge in [0, 0.05) is 12.0 Å². The molecule has 2 aromatic carbocycles. The molecular formula is C22H28O2. The van der Waals surface area contributed by atoms with Crippen molar-refractivity contribution in [1.82, 2.24) is 0 Å². The Morgan fingerprint density at radius 2 is 1.75 bits per heavy atom. The molecule has 128 valence electrons. The van der Waals surface area contributed by atoms with Crippen LogP contribution >= 0.6 is 0 Å². The maximum atomic E-state index is 12.5. The number of carbonyl (C=O) groups excluding carboxylic acids is 1. The maximum Gasteiger partial charge on any atom is 0.163 e. The van der Waals surface area contributed by atoms with Crippen molar-refractivity contribution in [2.75, 3.05) is 0 Å². The second-order valence-corrected chi connectivity index (χ2v) is 7.80. The minimum absolute atomic E-state index is 0.192. The highest BCUT2D eigenvalue weighted by Crippen LogP contribution is 2.27. The van der Waals surface area contributed by atoms with Crippen LogP contribution in [0.5, 0.6) is 5.75 Å². The van der Waals surface area contributed by atoms with Gasteiger partial charge in [-0.2, -0.15) is 0 Å². The van der Waals surface area contributed by atoms with Crippen LogP contribution in [0.25, 0.3) is 0 Å². The van der Waals surface area contributed by atoms with Crippen molar-refractivity contribution >= 4 is 5.78 Å². The molecule has 2 heteroatoms. The van der Waals surface area contributed by atoms with Gasteiger partial charge in [-0.15, -0.1) is 0 Å². The molecule has 24 heavy (non-hydrogen) atoms. The van der Waals surface area contributed by atoms with Gasteiger partial charge in [0.25, 0.3) is 0 Å². The lowest BCUT2D eigenvalue weighted by molar-refractivity contribution is 0.0954. The van der Waals surface area contributed by atoms with E-state index in [1.807, 2.05) is 54.6 Å². The smallest absolute Gasteiger partial charge is 0.163 e. The zero-order valence-electron chi connectivity index (χ0n) is 15.2. The molecule has 0 radical (unpaired) electrons. The van der Waals surface area contributed by atoms with Gasteiger partial charge in [0.15, 0.2) is 5.78 Å². The molecule has 2 rings (SSSR count). The number of hydrogen-bond acceptors (Lipinski definition) is 2. The predicted molar refractivity (Wildman–Crippen MR) is 99.4 cm³/mol. The Kier molecular flexibility index (Phi) is 6.19. The zero-order chi connectivity index (χ0) is 17.6. The summed E-state index contributed by atoms with van der Waals surface area (Å²) in [6.07, 6.45) is 1.63. The molecule has 2 aromatic rings. The lowest BCUT2D eigenvalue weighted by Crippen LogP contribution is -2.14. The second-order valence-electron chi connectivity index (χ2n) is 7.80. The van der Waals surface area contributed by atoms with Crippen LogP contribution < -0.4 is 4.74 Å². The van der Waals surface area contributed by atoms with Crippen molar-refractivity contribution in [2.24, 2.45) is 11.3 Å². The van der Waals surface area contributed by atoms with Crippen LogP contribution in [0.3, 0.4) is 0 Å². The van der Waals surface area contributed by atoms with E-state index in [1.165, 1.54) is 0 Å². The first-order valence-corrected chi connectivity index (χ1v) is 8.63. The third-order valence-corrected chi connectivity index (χ3v) is 3.90. The van der Waals surface area contributed by atoms with Gasteiger partial charge in [-0.3, -0.25) is 4.79 Å². The monoisotopic (exact) mass is 324 g/mol. The average Bonchev–Trinajstić information content (AvgIpc) is 2.52. The lowest BCUT2D eigenvalue weighted by atomic mass is 9.83. The minimum atomic E-state index is 0.192. The normalized spacial score (nSPS) is 12.7. The molecule has 0 saturated carbocycles. The molecule has 1 unspecified atom stereocenters. The van der Waals surface area contributed by atoms with E-state index in [-0.39, 0.29) is 11.2 Å². The molecule has 0 spiro atoms. The molecule has 0 N–H and O–H groups in total. The van der Waals surface area contributed by atoms with Crippen molar-refractivity contribution < 1.29 is 9.53 Å². The van der Waals surface area contributed by atoms with Gasteiger partial charge in [0.1, 0.15) is 12.4 Å². The van der Waals surface area contributed by atoms with Crippen molar-refractivity contribution in [3.8, 4) is 5.75 Å². The summed E-state index contributed by atoms with van der Waals surface area (Å²) in [6, 6.07) is 17.6. The van der Waals surface area contributed by atoms with Gasteiger partial charge in [-0.25, -0.2) is 0 Å². The van der Waals surface area contributed by atoms with Crippen molar-refractivity contribution in [1.29, 1.82) is 0 Å². The van der Waals surface area contributed by atoms with Crippen molar-refractivity contribution in [3.05, 3.63) is 65.7 Å². The number of ketones is 1. The van der Waals surface area contributed by atoms with Crippen LogP contribution in [0.2, 0.25) is 0 Å². The molecule has 0 aliphatic carbocycles. The largest absolute Gasteiger partial charge is 0.489 e. The Morgan fingerprint density at radius 1 is 1.04 bits per heavy atom. The van der Waals surface area contributed by atoms with Gasteiger partial charge in [0.2, 0.25) is 0 Å². The molecule has 0 heterocycles. The van der Waals surface area contributed by atoms with E-state index in [2.05, 4.69) is 27.7 Å². The van der Waals surface area contributed by atoms with E-state index in [0.717, 1.165) is 23.3 Å². The number of benzene rings is 2. The summed E-state index contributed by atoms with van der Waals surface area (Å²) in [5.74, 6) is 1.32. The maximum absolute atomic E-state index is 12.5. The fraction of sp³-hybridized carbons (Fsp3) is 0.409. The summed E-state index contributed by atoms with van der Waals surface area (Å²) in [5, 5.41) is 0. The van der Waals surface area contributed by atoms with E-state index in [1.54, 1.807) is 0 Å². The molecule has 2 nitrogen and oxygen atoms in total. The van der Waals surface area contributed by atoms with Crippen LogP contribution in [0.4, 0.5) is 0 Å². The first kappa shape index (κ1) is 18.3. The fourth-order valence-electron chi connectivity index (χ4n) is 3.05. The SMILES string of the molecule is CC(CC(=O)c1cccc(OCc2ccccc2)c1)CC(C)(C)C. The molecule has 0 aliphatic rings. The van der Waals surface area contributed by atoms with E-state index in [9.17, 15) is 4.79 Å². The summed E-state index contributed by atoms with van der Waals surface area (Å²) in [7, 11) is 0. The molecule has 1 atom stereocenters. The van der Waals surface area contributed by atoms with Gasteiger partial charge in [-0.1, -0.05) is 70.2 Å². The Labute approximate surface area is 145 Å². The van der Waals surface area contributed by atoms with Crippen LogP contribution in [-0.4, -0.2) is 5.78 Å². The van der Waals surface area contributed by atoms with Crippen LogP contribution in [0.15, 0.2) is 54.6 Å². The van der Waals surface area contributed by atoms with Crippen LogP contribution in [0, 0.1) is 11.3 Å². The van der Waals surface area contributed by atoms with Gasteiger partial charge in [-0.05, 0) is 35.4 Å². The number of ether oxygens (including phenoxy) is 1. The second kappa shape index (κ2) is 8.14. The van der Waals surface area contributed by atoms with Crippen molar-refractivity contribution in [3.63, 3.8) is 0 Å². The van der Waals surface area contributed by atoms with E-state index >= 15 is 0 Å². The average molecular weight is 324 g/mol. The summed E-state index contributed by atoms with van der Waals surface area (Å²) >= 11 is 0. The Morgan fingerprint density at radius 3 is 2.42 bits per heavy atom. The van der Waals surface area contributed by atoms with Gasteiger partial charge in [0.05, 0.1) is 0 Å². The Bertz CT molecular complexity index is 653. The third-order valence-electron chi connectivity index (χ3n) is 3.90. The molecule has 0 bridgehead atoms. The fourth-order valence-corrected chi connectivity index (χ4v) is 3.05. The third kappa shape index (κ3) is 6.19. The van der Waals surface area contributed by atoms with E-state index < -0.39 is 0 Å². The summed E-state index contributed by atoms with van der Waals surface area (Å²) in [6.45, 7) is 9.31. The molecule has 0 aromatic heterocycles. The van der Waals surface area contributed by atoms with E-state index in [4.69, 9.17) is 4.74 Å². The topological polar surface area (TPSA) is 26.3 Å². The minimum Gasteiger partial charge on any atom is -0.489 e. The molecule has 0 saturated heterocycles. The number of rotatable bonds is 7.